The second-order valence-electron chi connectivity index (χ2n) is 10.1. The predicted octanol–water partition coefficient (Wildman–Crippen LogP) is 6.88. The van der Waals surface area contributed by atoms with Crippen molar-refractivity contribution < 1.29 is 9.59 Å². The van der Waals surface area contributed by atoms with Crippen molar-refractivity contribution in [1.82, 2.24) is 9.47 Å². The molecule has 2 aliphatic rings. The summed E-state index contributed by atoms with van der Waals surface area (Å²) in [6.07, 6.45) is 3.81. The first kappa shape index (κ1) is 24.3. The predicted molar refractivity (Wildman–Crippen MR) is 151 cm³/mol. The minimum atomic E-state index is -0.313. The Bertz CT molecular complexity index is 1540. The molecule has 1 fully saturated rings. The van der Waals surface area contributed by atoms with Gasteiger partial charge in [-0.3, -0.25) is 9.69 Å². The van der Waals surface area contributed by atoms with Gasteiger partial charge >= 0.3 is 6.03 Å². The van der Waals surface area contributed by atoms with Crippen molar-refractivity contribution in [2.75, 3.05) is 16.8 Å². The Kier molecular flexibility index (Phi) is 6.20. The molecule has 1 aromatic heterocycles. The molecule has 192 valence electrons. The van der Waals surface area contributed by atoms with Gasteiger partial charge in [0, 0.05) is 22.9 Å². The largest absolute Gasteiger partial charge is 0.322 e. The topological polar surface area (TPSA) is 57.6 Å². The standard InChI is InChI=1S/C31H29ClN4O2/c1-20-7-5-8-22(17-20)30-28-11-6-16-34(28)26-9-3-4-10-27(26)36(30)29(37)19-35(24-14-15-24)31(38)33-23-13-12-21(2)25(32)18-23/h3-13,16-18,24,30H,14-15,19H2,1-2H3,(H,33,38)/t30-/m1/s1. The molecule has 3 amide bonds. The minimum Gasteiger partial charge on any atom is -0.316 e. The summed E-state index contributed by atoms with van der Waals surface area (Å²) in [5.41, 5.74) is 6.50. The Morgan fingerprint density at radius 2 is 1.74 bits per heavy atom. The average molecular weight is 525 g/mol. The summed E-state index contributed by atoms with van der Waals surface area (Å²) in [7, 11) is 0. The number of anilines is 2. The molecule has 0 radical (unpaired) electrons. The number of aryl methyl sites for hydroxylation is 2. The number of benzene rings is 3. The molecule has 6 nitrogen and oxygen atoms in total. The van der Waals surface area contributed by atoms with Crippen LogP contribution in [0.15, 0.2) is 85.1 Å². The second-order valence-corrected chi connectivity index (χ2v) is 10.5. The van der Waals surface area contributed by atoms with Crippen molar-refractivity contribution in [3.63, 3.8) is 0 Å². The van der Waals surface area contributed by atoms with Crippen molar-refractivity contribution in [2.24, 2.45) is 0 Å². The van der Waals surface area contributed by atoms with Crippen LogP contribution in [-0.4, -0.2) is 34.0 Å². The van der Waals surface area contributed by atoms with Crippen molar-refractivity contribution in [3.05, 3.63) is 112 Å². The van der Waals surface area contributed by atoms with Gasteiger partial charge in [-0.15, -0.1) is 0 Å². The highest BCUT2D eigenvalue weighted by Crippen LogP contribution is 2.42. The van der Waals surface area contributed by atoms with E-state index < -0.39 is 0 Å². The fourth-order valence-corrected chi connectivity index (χ4v) is 5.44. The molecule has 0 unspecified atom stereocenters. The Morgan fingerprint density at radius 3 is 2.47 bits per heavy atom. The van der Waals surface area contributed by atoms with Crippen molar-refractivity contribution in [3.8, 4) is 5.69 Å². The third-order valence-electron chi connectivity index (χ3n) is 7.32. The first-order chi connectivity index (χ1) is 18.4. The third kappa shape index (κ3) is 4.45. The summed E-state index contributed by atoms with van der Waals surface area (Å²) < 4.78 is 2.15. The molecule has 1 N–H and O–H groups in total. The van der Waals surface area contributed by atoms with E-state index in [0.717, 1.165) is 46.6 Å². The molecule has 1 aliphatic carbocycles. The molecule has 0 bridgehead atoms. The normalized spacial score (nSPS) is 16.0. The van der Waals surface area contributed by atoms with Crippen LogP contribution in [0, 0.1) is 13.8 Å². The van der Waals surface area contributed by atoms with E-state index in [0.29, 0.717) is 10.7 Å². The Morgan fingerprint density at radius 1 is 0.947 bits per heavy atom. The molecular weight excluding hydrogens is 496 g/mol. The molecule has 2 heterocycles. The van der Waals surface area contributed by atoms with Gasteiger partial charge in [-0.05, 0) is 74.2 Å². The molecule has 6 rings (SSSR count). The quantitative estimate of drug-likeness (QED) is 0.309. The van der Waals surface area contributed by atoms with Gasteiger partial charge in [-0.25, -0.2) is 4.79 Å². The highest BCUT2D eigenvalue weighted by atomic mass is 35.5. The van der Waals surface area contributed by atoms with E-state index in [4.69, 9.17) is 11.6 Å². The number of fused-ring (bicyclic) bond motifs is 3. The van der Waals surface area contributed by atoms with Gasteiger partial charge in [0.05, 0.1) is 17.1 Å². The number of hydrogen-bond acceptors (Lipinski definition) is 2. The van der Waals surface area contributed by atoms with Crippen LogP contribution in [0.4, 0.5) is 16.2 Å². The molecule has 1 atom stereocenters. The Balaban J connectivity index is 1.35. The van der Waals surface area contributed by atoms with Gasteiger partial charge in [0.1, 0.15) is 12.6 Å². The molecular formula is C31H29ClN4O2. The number of nitrogens with one attached hydrogen (secondary N) is 1. The number of nitrogens with zero attached hydrogens (tertiary/aromatic N) is 3. The zero-order valence-corrected chi connectivity index (χ0v) is 22.2. The number of rotatable bonds is 5. The zero-order valence-electron chi connectivity index (χ0n) is 21.4. The van der Waals surface area contributed by atoms with E-state index in [9.17, 15) is 9.59 Å². The fraction of sp³-hybridized carbons (Fsp3) is 0.226. The monoisotopic (exact) mass is 524 g/mol. The molecule has 7 heteroatoms. The van der Waals surface area contributed by atoms with Gasteiger partial charge in [0.25, 0.3) is 0 Å². The molecule has 1 saturated carbocycles. The first-order valence-corrected chi connectivity index (χ1v) is 13.3. The van der Waals surface area contributed by atoms with Gasteiger partial charge < -0.3 is 14.8 Å². The van der Waals surface area contributed by atoms with Crippen molar-refractivity contribution in [2.45, 2.75) is 38.8 Å². The van der Waals surface area contributed by atoms with Crippen molar-refractivity contribution >= 4 is 34.9 Å². The van der Waals surface area contributed by atoms with Crippen LogP contribution in [0.3, 0.4) is 0 Å². The number of urea groups is 1. The number of carbonyl (C=O) groups is 2. The Hall–Kier alpha value is -4.03. The summed E-state index contributed by atoms with van der Waals surface area (Å²) >= 11 is 6.28. The molecule has 0 saturated heterocycles. The lowest BCUT2D eigenvalue weighted by Crippen LogP contribution is -2.48. The van der Waals surface area contributed by atoms with Crippen LogP contribution >= 0.6 is 11.6 Å². The maximum Gasteiger partial charge on any atom is 0.322 e. The number of carbonyl (C=O) groups excluding carboxylic acids is 2. The van der Waals surface area contributed by atoms with Crippen LogP contribution in [0.2, 0.25) is 5.02 Å². The Labute approximate surface area is 227 Å². The number of halogens is 1. The van der Waals surface area contributed by atoms with Gasteiger partial charge in [-0.2, -0.15) is 0 Å². The lowest BCUT2D eigenvalue weighted by molar-refractivity contribution is -0.119. The van der Waals surface area contributed by atoms with Crippen LogP contribution < -0.4 is 10.2 Å². The van der Waals surface area contributed by atoms with E-state index in [2.05, 4.69) is 41.1 Å². The third-order valence-corrected chi connectivity index (χ3v) is 7.73. The summed E-state index contributed by atoms with van der Waals surface area (Å²) in [6.45, 7) is 3.95. The summed E-state index contributed by atoms with van der Waals surface area (Å²) in [6, 6.07) is 25.2. The zero-order chi connectivity index (χ0) is 26.4. The van der Waals surface area contributed by atoms with Crippen LogP contribution in [0.1, 0.15) is 41.3 Å². The lowest BCUT2D eigenvalue weighted by Gasteiger charge is -2.39. The van der Waals surface area contributed by atoms with E-state index in [1.807, 2.05) is 66.6 Å². The van der Waals surface area contributed by atoms with E-state index >= 15 is 0 Å². The van der Waals surface area contributed by atoms with E-state index in [1.54, 1.807) is 11.0 Å². The second kappa shape index (κ2) is 9.69. The van der Waals surface area contributed by atoms with Gasteiger partial charge in [0.2, 0.25) is 5.91 Å². The first-order valence-electron chi connectivity index (χ1n) is 12.9. The molecule has 0 spiro atoms. The minimum absolute atomic E-state index is 0.0204. The fourth-order valence-electron chi connectivity index (χ4n) is 5.26. The maximum atomic E-state index is 14.2. The van der Waals surface area contributed by atoms with E-state index in [-0.39, 0.29) is 30.6 Å². The number of hydrogen-bond donors (Lipinski definition) is 1. The number of amides is 3. The highest BCUT2D eigenvalue weighted by molar-refractivity contribution is 6.31. The number of para-hydroxylation sites is 2. The molecule has 1 aliphatic heterocycles. The summed E-state index contributed by atoms with van der Waals surface area (Å²) in [4.78, 5) is 31.2. The lowest BCUT2D eigenvalue weighted by atomic mass is 9.96. The SMILES string of the molecule is Cc1cccc([C@@H]2c3cccn3-c3ccccc3N2C(=O)CN(C(=O)Nc2ccc(C)c(Cl)c2)C2CC2)c1. The van der Waals surface area contributed by atoms with Crippen molar-refractivity contribution in [1.29, 1.82) is 0 Å². The molecule has 3 aromatic carbocycles. The van der Waals surface area contributed by atoms with Crippen LogP contribution in [0.5, 0.6) is 0 Å². The van der Waals surface area contributed by atoms with Crippen LogP contribution in [-0.2, 0) is 4.79 Å². The summed E-state index contributed by atoms with van der Waals surface area (Å²) in [5, 5.41) is 3.54. The molecule has 38 heavy (non-hydrogen) atoms. The smallest absolute Gasteiger partial charge is 0.316 e. The summed E-state index contributed by atoms with van der Waals surface area (Å²) in [5.74, 6) is -0.125. The number of aromatic nitrogens is 1. The molecule has 4 aromatic rings. The highest BCUT2D eigenvalue weighted by Gasteiger charge is 2.40. The average Bonchev–Trinajstić information content (AvgIpc) is 3.63. The van der Waals surface area contributed by atoms with Gasteiger partial charge in [0.15, 0.2) is 0 Å². The van der Waals surface area contributed by atoms with Gasteiger partial charge in [-0.1, -0.05) is 59.6 Å². The van der Waals surface area contributed by atoms with Crippen LogP contribution in [0.25, 0.3) is 5.69 Å². The van der Waals surface area contributed by atoms with E-state index in [1.165, 1.54) is 0 Å². The maximum absolute atomic E-state index is 14.2.